The van der Waals surface area contributed by atoms with Crippen molar-refractivity contribution in [2.45, 2.75) is 129 Å². The van der Waals surface area contributed by atoms with Crippen molar-refractivity contribution < 1.29 is 38.5 Å². The topological polar surface area (TPSA) is 245 Å². The number of Topliss-reactive ketones (excluding diaryl/α,β-unsaturated/α-hetero) is 1. The normalized spacial score (nSPS) is 16.3. The van der Waals surface area contributed by atoms with E-state index < -0.39 is 40.1 Å². The van der Waals surface area contributed by atoms with Gasteiger partial charge in [-0.05, 0) is 251 Å². The molecule has 0 radical (unpaired) electrons. The van der Waals surface area contributed by atoms with E-state index in [2.05, 4.69) is 170 Å². The number of likely N-dealkylation sites (tertiary alicyclic amines) is 3. The molecular formula is C78H124N12O9S4Si. The fourth-order valence-electron chi connectivity index (χ4n) is 13.8. The number of nitrogens with one attached hydrogen (secondary N) is 5. The van der Waals surface area contributed by atoms with Crippen molar-refractivity contribution in [3.05, 3.63) is 149 Å². The lowest BCUT2D eigenvalue weighted by Gasteiger charge is -2.28. The molecule has 104 heavy (non-hydrogen) atoms. The molecule has 5 N–H and O–H groups in total. The van der Waals surface area contributed by atoms with Crippen LogP contribution >= 0.6 is 0 Å². The first-order valence-electron chi connectivity index (χ1n) is 36.8. The summed E-state index contributed by atoms with van der Waals surface area (Å²) < 4.78 is 108. The highest BCUT2D eigenvalue weighted by Gasteiger charge is 2.25. The van der Waals surface area contributed by atoms with Gasteiger partial charge in [0.25, 0.3) is 0 Å². The number of hydrogen-bond donors (Lipinski definition) is 5. The summed E-state index contributed by atoms with van der Waals surface area (Å²) in [5, 5.41) is 4.89. The first kappa shape index (κ1) is 87.1. The molecule has 3 saturated heterocycles. The molecule has 0 atom stereocenters. The number of nitrogens with zero attached hydrogens (tertiary/aromatic N) is 7. The number of likely N-dealkylation sites (N-methyl/N-ethyl adjacent to an activating group) is 1. The van der Waals surface area contributed by atoms with Gasteiger partial charge in [0.15, 0.2) is 0 Å². The molecule has 0 bridgehead atoms. The number of carbonyl (C=O) groups is 1. The molecule has 0 spiro atoms. The smallest absolute Gasteiger partial charge is 0.211 e. The minimum Gasteiger partial charge on any atom is -0.361 e. The van der Waals surface area contributed by atoms with E-state index in [-0.39, 0.29) is 39.2 Å². The molecule has 4 aliphatic heterocycles. The van der Waals surface area contributed by atoms with E-state index in [9.17, 15) is 38.5 Å². The van der Waals surface area contributed by atoms with Gasteiger partial charge >= 0.3 is 0 Å². The van der Waals surface area contributed by atoms with Crippen molar-refractivity contribution in [1.82, 2.24) is 57.2 Å². The molecule has 8 heterocycles. The Morgan fingerprint density at radius 3 is 1.30 bits per heavy atom. The number of piperidine rings is 3. The summed E-state index contributed by atoms with van der Waals surface area (Å²) >= 11 is 0. The number of benzene rings is 4. The van der Waals surface area contributed by atoms with Crippen LogP contribution in [0.4, 0.5) is 0 Å². The number of fused-ring (bicyclic) bond motifs is 4. The monoisotopic (exact) mass is 1530 g/mol. The molecule has 21 nitrogen and oxygen atoms in total. The number of hydrogen-bond acceptors (Lipinski definition) is 13. The van der Waals surface area contributed by atoms with Crippen molar-refractivity contribution in [3.63, 3.8) is 0 Å². The van der Waals surface area contributed by atoms with Crippen LogP contribution in [0.25, 0.3) is 49.2 Å². The lowest BCUT2D eigenvalue weighted by molar-refractivity contribution is -0.121. The number of aryl methyl sites for hydroxylation is 7. The van der Waals surface area contributed by atoms with Crippen LogP contribution in [0.1, 0.15) is 124 Å². The molecule has 0 amide bonds. The van der Waals surface area contributed by atoms with Crippen molar-refractivity contribution in [3.8, 4) is 0 Å². The van der Waals surface area contributed by atoms with Gasteiger partial charge in [-0.25, -0.2) is 52.6 Å². The van der Waals surface area contributed by atoms with Crippen LogP contribution in [0.2, 0.25) is 18.1 Å². The minimum atomic E-state index is -3.17. The highest BCUT2D eigenvalue weighted by molar-refractivity contribution is 7.90. The molecule has 578 valence electrons. The zero-order valence-electron chi connectivity index (χ0n) is 63.9. The molecule has 12 rings (SSSR count). The Morgan fingerprint density at radius 1 is 0.452 bits per heavy atom. The fraction of sp³-hybridized carbons (Fsp3) is 0.551. The van der Waals surface area contributed by atoms with Crippen LogP contribution in [0.3, 0.4) is 0 Å². The van der Waals surface area contributed by atoms with Crippen LogP contribution in [0, 0.1) is 0 Å². The van der Waals surface area contributed by atoms with Gasteiger partial charge in [0, 0.05) is 138 Å². The van der Waals surface area contributed by atoms with E-state index in [1.165, 1.54) is 121 Å². The summed E-state index contributed by atoms with van der Waals surface area (Å²) in [6, 6.07) is 31.4. The Hall–Kier alpha value is -5.85. The lowest BCUT2D eigenvalue weighted by atomic mass is 9.89. The predicted molar refractivity (Wildman–Crippen MR) is 439 cm³/mol. The maximum atomic E-state index is 11.7. The largest absolute Gasteiger partial charge is 0.361 e. The second-order valence-corrected chi connectivity index (χ2v) is 40.8. The van der Waals surface area contributed by atoms with E-state index in [1.807, 2.05) is 67.3 Å². The molecule has 8 aromatic rings. The third kappa shape index (κ3) is 26.2. The standard InChI is InChI=1S/C18H27N3O2S.C18H25N3O2S.C17H25N3O2S.C12H16N2O2S.C6H11NO.C6H16Si.CH4/c2*1-19-24(22,23)11-8-14-4-5-18-16(12-14)17(13-21(18)3)15-6-9-20(2)10-7-15;1-18-23(21,22)10-7-13-3-4-17-15(11-13)16(12-19-17)14-5-8-20(2)9-6-14;1-13-17(15,16)8-6-10-3-4-12-11(9-10)5-7-14(12)2;1-7-4-2-6(8)3-5-7;1-4-7(5-2)6-3;/h4-5,12-13,15,19H,6-11H2,1-3H3;4-6,12-13,19H,7-11H2,1-3H3;3-4,11-12,14,18-19H,5-10H2,1-2H3;3-5,7,9,13H,6,8H2,1-2H3;2-5H2,1H3;7H,4-6H2,1-3H3;1H4. The zero-order valence-corrected chi connectivity index (χ0v) is 68.4. The van der Waals surface area contributed by atoms with Gasteiger partial charge in [0.1, 0.15) is 5.78 Å². The van der Waals surface area contributed by atoms with E-state index >= 15 is 0 Å². The van der Waals surface area contributed by atoms with Gasteiger partial charge in [-0.1, -0.05) is 76.7 Å². The summed E-state index contributed by atoms with van der Waals surface area (Å²) in [4.78, 5) is 23.2. The number of aromatic amines is 1. The summed E-state index contributed by atoms with van der Waals surface area (Å²) in [6.07, 6.45) is 20.3. The number of H-pyrrole nitrogens is 1. The fourth-order valence-corrected chi connectivity index (χ4v) is 18.3. The van der Waals surface area contributed by atoms with E-state index in [0.29, 0.717) is 43.3 Å². The van der Waals surface area contributed by atoms with Crippen molar-refractivity contribution >= 4 is 104 Å². The maximum Gasteiger partial charge on any atom is 0.211 e. The first-order valence-corrected chi connectivity index (χ1v) is 45.9. The Morgan fingerprint density at radius 2 is 0.856 bits per heavy atom. The summed E-state index contributed by atoms with van der Waals surface area (Å²) in [5.74, 6) is 2.11. The van der Waals surface area contributed by atoms with Gasteiger partial charge in [0.2, 0.25) is 40.1 Å². The Bertz CT molecular complexity index is 4530. The van der Waals surface area contributed by atoms with Gasteiger partial charge in [-0.2, -0.15) is 0 Å². The van der Waals surface area contributed by atoms with Gasteiger partial charge < -0.3 is 38.3 Å². The van der Waals surface area contributed by atoms with E-state index in [0.717, 1.165) is 110 Å². The number of sulfonamides is 4. The lowest BCUT2D eigenvalue weighted by Crippen LogP contribution is -2.29. The molecule has 3 fully saturated rings. The Balaban J connectivity index is 0.000000204. The third-order valence-electron chi connectivity index (χ3n) is 21.1. The summed E-state index contributed by atoms with van der Waals surface area (Å²) in [5.41, 5.74) is 14.4. The maximum absolute atomic E-state index is 11.7. The van der Waals surface area contributed by atoms with Crippen LogP contribution in [0.5, 0.6) is 0 Å². The second kappa shape index (κ2) is 40.9. The molecule has 0 unspecified atom stereocenters. The average molecular weight is 1530 g/mol. The average Bonchev–Trinajstić information content (AvgIpc) is 1.65. The Kier molecular flexibility index (Phi) is 34.3. The second-order valence-electron chi connectivity index (χ2n) is 28.4. The molecule has 4 aromatic carbocycles. The highest BCUT2D eigenvalue weighted by Crippen LogP contribution is 2.36. The molecule has 4 aliphatic rings. The van der Waals surface area contributed by atoms with Crippen LogP contribution < -0.4 is 18.9 Å². The number of carbonyl (C=O) groups excluding carboxylic acids is 1. The van der Waals surface area contributed by atoms with Crippen LogP contribution in [-0.2, 0) is 91.7 Å². The van der Waals surface area contributed by atoms with Crippen molar-refractivity contribution in [2.24, 2.45) is 21.1 Å². The summed E-state index contributed by atoms with van der Waals surface area (Å²) in [6.45, 7) is 15.5. The van der Waals surface area contributed by atoms with E-state index in [1.54, 1.807) is 0 Å². The highest BCUT2D eigenvalue weighted by atomic mass is 32.2. The first-order chi connectivity index (χ1) is 48.9. The summed E-state index contributed by atoms with van der Waals surface area (Å²) in [7, 11) is 7.72. The molecule has 26 heteroatoms. The van der Waals surface area contributed by atoms with Gasteiger partial charge in [0.05, 0.1) is 23.0 Å². The molecular weight excluding hydrogens is 1410 g/mol. The quantitative estimate of drug-likeness (QED) is 0.0397. The SMILES string of the molecule is C.CC[SiH](CC)CC.CN1CCC(=O)CC1.CNS(=O)(=O)CCc1ccc2[nH]cc(C3CCN(C)CC3)c2c1.CNS(=O)(=O)CCc1ccc2c(c1)c(C1=CCN(C)CC1)cn2C.CNS(=O)(=O)CCc1ccc2c(c1)c(C1CCN(C)CC1)cn2C.CNS(=O)(=O)CCc1ccc2c(ccn2C)c1. The number of ketones is 1. The molecule has 0 aliphatic carbocycles. The van der Waals surface area contributed by atoms with Crippen molar-refractivity contribution in [2.75, 3.05) is 132 Å². The van der Waals surface area contributed by atoms with Gasteiger partial charge in [-0.15, -0.1) is 0 Å². The third-order valence-corrected chi connectivity index (χ3v) is 30.0. The van der Waals surface area contributed by atoms with Crippen molar-refractivity contribution in [1.29, 1.82) is 0 Å². The number of rotatable bonds is 22. The Labute approximate surface area is 625 Å². The number of aromatic nitrogens is 4. The van der Waals surface area contributed by atoms with E-state index in [4.69, 9.17) is 0 Å². The van der Waals surface area contributed by atoms with Crippen LogP contribution in [-0.4, -0.2) is 218 Å². The zero-order chi connectivity index (χ0) is 75.2. The van der Waals surface area contributed by atoms with Crippen LogP contribution in [0.15, 0.2) is 110 Å². The molecule has 0 saturated carbocycles. The molecule has 4 aromatic heterocycles. The minimum absolute atomic E-state index is 0. The predicted octanol–water partition coefficient (Wildman–Crippen LogP) is 10.6. The van der Waals surface area contributed by atoms with Gasteiger partial charge in [-0.3, -0.25) is 4.79 Å².